The molecule has 1 saturated carbocycles. The van der Waals surface area contributed by atoms with Gasteiger partial charge in [-0.25, -0.2) is 4.79 Å². The molecule has 0 aromatic heterocycles. The van der Waals surface area contributed by atoms with Crippen LogP contribution in [-0.4, -0.2) is 46.4 Å². The molecule has 2 fully saturated rings. The molecule has 1 saturated heterocycles. The van der Waals surface area contributed by atoms with Crippen LogP contribution in [0.4, 0.5) is 4.79 Å². The second-order valence-electron chi connectivity index (χ2n) is 7.76. The molecule has 3 rings (SSSR count). The number of urea groups is 1. The predicted molar refractivity (Wildman–Crippen MR) is 98.0 cm³/mol. The van der Waals surface area contributed by atoms with E-state index in [-0.39, 0.29) is 11.9 Å². The number of amides is 3. The molecule has 1 N–H and O–H groups in total. The lowest BCUT2D eigenvalue weighted by atomic mass is 9.93. The van der Waals surface area contributed by atoms with E-state index in [1.165, 1.54) is 42.6 Å². The van der Waals surface area contributed by atoms with Crippen molar-refractivity contribution in [2.45, 2.75) is 64.1 Å². The number of hydrogen-bond acceptors (Lipinski definition) is 3. The standard InChI is InChI=1S/C20H29N3O2/c1-20(2)18(24)23(19(25)21-20)14-13-22(17-11-7-4-8-12-17)15-16-9-5-3-6-10-16/h3,5-6,9-10,17H,4,7-8,11-15H2,1-2H3,(H,21,25). The molecule has 0 radical (unpaired) electrons. The predicted octanol–water partition coefficient (Wildman–Crippen LogP) is 3.15. The first-order valence-electron chi connectivity index (χ1n) is 9.39. The molecule has 25 heavy (non-hydrogen) atoms. The zero-order valence-corrected chi connectivity index (χ0v) is 15.3. The van der Waals surface area contributed by atoms with Crippen molar-refractivity contribution in [2.75, 3.05) is 13.1 Å². The molecule has 5 nitrogen and oxygen atoms in total. The van der Waals surface area contributed by atoms with Crippen molar-refractivity contribution in [1.82, 2.24) is 15.1 Å². The van der Waals surface area contributed by atoms with Crippen LogP contribution < -0.4 is 5.32 Å². The first-order chi connectivity index (χ1) is 12.0. The third-order valence-electron chi connectivity index (χ3n) is 5.37. The number of benzene rings is 1. The zero-order chi connectivity index (χ0) is 17.9. The molecular formula is C20H29N3O2. The van der Waals surface area contributed by atoms with Crippen LogP contribution in [0, 0.1) is 0 Å². The van der Waals surface area contributed by atoms with Crippen molar-refractivity contribution >= 4 is 11.9 Å². The van der Waals surface area contributed by atoms with Gasteiger partial charge in [-0.05, 0) is 32.3 Å². The third kappa shape index (κ3) is 4.21. The summed E-state index contributed by atoms with van der Waals surface area (Å²) in [6, 6.07) is 10.7. The molecule has 1 aromatic rings. The zero-order valence-electron chi connectivity index (χ0n) is 15.3. The number of rotatable bonds is 6. The highest BCUT2D eigenvalue weighted by Crippen LogP contribution is 2.24. The summed E-state index contributed by atoms with van der Waals surface area (Å²) >= 11 is 0. The van der Waals surface area contributed by atoms with Gasteiger partial charge in [0.25, 0.3) is 5.91 Å². The second-order valence-corrected chi connectivity index (χ2v) is 7.76. The molecule has 1 aliphatic carbocycles. The topological polar surface area (TPSA) is 52.7 Å². The Morgan fingerprint density at radius 2 is 1.80 bits per heavy atom. The van der Waals surface area contributed by atoms with Gasteiger partial charge in [-0.15, -0.1) is 0 Å². The number of nitrogens with one attached hydrogen (secondary N) is 1. The summed E-state index contributed by atoms with van der Waals surface area (Å²) in [4.78, 5) is 28.4. The van der Waals surface area contributed by atoms with E-state index < -0.39 is 5.54 Å². The largest absolute Gasteiger partial charge is 0.325 e. The van der Waals surface area contributed by atoms with Crippen LogP contribution in [0.5, 0.6) is 0 Å². The second kappa shape index (κ2) is 7.56. The fraction of sp³-hybridized carbons (Fsp3) is 0.600. The molecule has 1 aromatic carbocycles. The average Bonchev–Trinajstić information content (AvgIpc) is 2.81. The van der Waals surface area contributed by atoms with E-state index in [1.807, 2.05) is 6.07 Å². The fourth-order valence-electron chi connectivity index (χ4n) is 3.90. The van der Waals surface area contributed by atoms with Gasteiger partial charge in [0.05, 0.1) is 0 Å². The van der Waals surface area contributed by atoms with Crippen LogP contribution in [0.1, 0.15) is 51.5 Å². The van der Waals surface area contributed by atoms with Gasteiger partial charge < -0.3 is 5.32 Å². The SMILES string of the molecule is CC1(C)NC(=O)N(CCN(Cc2ccccc2)C2CCCCC2)C1=O. The van der Waals surface area contributed by atoms with Crippen LogP contribution in [0.3, 0.4) is 0 Å². The summed E-state index contributed by atoms with van der Waals surface area (Å²) in [5.74, 6) is -0.124. The summed E-state index contributed by atoms with van der Waals surface area (Å²) < 4.78 is 0. The van der Waals surface area contributed by atoms with Crippen LogP contribution in [0.15, 0.2) is 30.3 Å². The fourth-order valence-corrected chi connectivity index (χ4v) is 3.90. The first-order valence-corrected chi connectivity index (χ1v) is 9.39. The van der Waals surface area contributed by atoms with Gasteiger partial charge in [-0.2, -0.15) is 0 Å². The first kappa shape index (κ1) is 17.9. The van der Waals surface area contributed by atoms with Gasteiger partial charge in [-0.3, -0.25) is 14.6 Å². The maximum Gasteiger partial charge on any atom is 0.325 e. The lowest BCUT2D eigenvalue weighted by Gasteiger charge is -2.35. The van der Waals surface area contributed by atoms with E-state index in [1.54, 1.807) is 13.8 Å². The van der Waals surface area contributed by atoms with E-state index in [4.69, 9.17) is 0 Å². The normalized spacial score (nSPS) is 21.0. The number of imide groups is 1. The number of nitrogens with zero attached hydrogens (tertiary/aromatic N) is 2. The Labute approximate surface area is 150 Å². The summed E-state index contributed by atoms with van der Waals surface area (Å²) in [6.45, 7) is 5.58. The van der Waals surface area contributed by atoms with Crippen LogP contribution in [-0.2, 0) is 11.3 Å². The third-order valence-corrected chi connectivity index (χ3v) is 5.37. The molecule has 1 heterocycles. The average molecular weight is 343 g/mol. The lowest BCUT2D eigenvalue weighted by molar-refractivity contribution is -0.130. The smallest absolute Gasteiger partial charge is 0.324 e. The molecule has 0 unspecified atom stereocenters. The van der Waals surface area contributed by atoms with Crippen LogP contribution >= 0.6 is 0 Å². The number of carbonyl (C=O) groups excluding carboxylic acids is 2. The molecule has 0 bridgehead atoms. The molecular weight excluding hydrogens is 314 g/mol. The van der Waals surface area contributed by atoms with Crippen LogP contribution in [0.25, 0.3) is 0 Å². The highest BCUT2D eigenvalue weighted by atomic mass is 16.2. The van der Waals surface area contributed by atoms with E-state index in [0.717, 1.165) is 13.1 Å². The van der Waals surface area contributed by atoms with Gasteiger partial charge in [0, 0.05) is 25.7 Å². The lowest BCUT2D eigenvalue weighted by Crippen LogP contribution is -2.44. The molecule has 0 spiro atoms. The highest BCUT2D eigenvalue weighted by molar-refractivity contribution is 6.06. The Bertz CT molecular complexity index is 609. The molecule has 136 valence electrons. The Hall–Kier alpha value is -1.88. The minimum Gasteiger partial charge on any atom is -0.324 e. The summed E-state index contributed by atoms with van der Waals surface area (Å²) in [6.07, 6.45) is 6.27. The van der Waals surface area contributed by atoms with Crippen molar-refractivity contribution in [3.05, 3.63) is 35.9 Å². The van der Waals surface area contributed by atoms with E-state index in [2.05, 4.69) is 34.5 Å². The number of hydrogen-bond donors (Lipinski definition) is 1. The van der Waals surface area contributed by atoms with E-state index in [0.29, 0.717) is 12.6 Å². The molecule has 3 amide bonds. The molecule has 2 aliphatic rings. The summed E-state index contributed by atoms with van der Waals surface area (Å²) in [5, 5.41) is 2.76. The molecule has 1 aliphatic heterocycles. The maximum absolute atomic E-state index is 12.4. The minimum absolute atomic E-state index is 0.124. The van der Waals surface area contributed by atoms with Crippen molar-refractivity contribution in [3.8, 4) is 0 Å². The Kier molecular flexibility index (Phi) is 5.42. The number of carbonyl (C=O) groups is 2. The molecule has 5 heteroatoms. The van der Waals surface area contributed by atoms with E-state index >= 15 is 0 Å². The van der Waals surface area contributed by atoms with Crippen LogP contribution in [0.2, 0.25) is 0 Å². The van der Waals surface area contributed by atoms with Crippen molar-refractivity contribution in [2.24, 2.45) is 0 Å². The van der Waals surface area contributed by atoms with Gasteiger partial charge in [0.1, 0.15) is 5.54 Å². The van der Waals surface area contributed by atoms with Gasteiger partial charge in [0.2, 0.25) is 0 Å². The minimum atomic E-state index is -0.786. The van der Waals surface area contributed by atoms with Crippen molar-refractivity contribution in [1.29, 1.82) is 0 Å². The Morgan fingerprint density at radius 1 is 1.12 bits per heavy atom. The quantitative estimate of drug-likeness (QED) is 0.807. The summed E-state index contributed by atoms with van der Waals surface area (Å²) in [5.41, 5.74) is 0.497. The van der Waals surface area contributed by atoms with Gasteiger partial charge >= 0.3 is 6.03 Å². The molecule has 0 atom stereocenters. The van der Waals surface area contributed by atoms with Gasteiger partial charge in [-0.1, -0.05) is 49.6 Å². The monoisotopic (exact) mass is 343 g/mol. The summed E-state index contributed by atoms with van der Waals surface area (Å²) in [7, 11) is 0. The Balaban J connectivity index is 1.67. The van der Waals surface area contributed by atoms with Gasteiger partial charge in [0.15, 0.2) is 0 Å². The van der Waals surface area contributed by atoms with Crippen molar-refractivity contribution < 1.29 is 9.59 Å². The Morgan fingerprint density at radius 3 is 2.40 bits per heavy atom. The van der Waals surface area contributed by atoms with Crippen molar-refractivity contribution in [3.63, 3.8) is 0 Å². The maximum atomic E-state index is 12.4. The highest BCUT2D eigenvalue weighted by Gasteiger charge is 2.44. The van der Waals surface area contributed by atoms with E-state index in [9.17, 15) is 9.59 Å².